The quantitative estimate of drug-likeness (QED) is 0.788. The number of nitrogens with two attached hydrogens (primary N) is 1. The van der Waals surface area contributed by atoms with E-state index >= 15 is 0 Å². The summed E-state index contributed by atoms with van der Waals surface area (Å²) in [5.41, 5.74) is 8.29. The van der Waals surface area contributed by atoms with Crippen molar-refractivity contribution < 1.29 is 4.74 Å². The van der Waals surface area contributed by atoms with Gasteiger partial charge < -0.3 is 10.5 Å². The molecule has 1 aromatic rings. The first-order valence-corrected chi connectivity index (χ1v) is 5.11. The average Bonchev–Trinajstić information content (AvgIpc) is 2.99. The van der Waals surface area contributed by atoms with Gasteiger partial charge in [0.2, 0.25) is 0 Å². The van der Waals surface area contributed by atoms with Crippen molar-refractivity contribution in [3.8, 4) is 0 Å². The molecular formula is C12H17NO. The number of ether oxygens (including phenoxy) is 1. The second-order valence-corrected chi connectivity index (χ2v) is 4.09. The monoisotopic (exact) mass is 191 g/mol. The number of hydrogen-bond donors (Lipinski definition) is 1. The van der Waals surface area contributed by atoms with Crippen molar-refractivity contribution in [1.29, 1.82) is 0 Å². The number of rotatable bonds is 4. The van der Waals surface area contributed by atoms with Crippen molar-refractivity contribution in [2.45, 2.75) is 31.4 Å². The molecule has 0 unspecified atom stereocenters. The molecule has 0 amide bonds. The van der Waals surface area contributed by atoms with Crippen LogP contribution in [0.25, 0.3) is 0 Å². The van der Waals surface area contributed by atoms with Crippen LogP contribution in [0, 0.1) is 0 Å². The highest BCUT2D eigenvalue weighted by Crippen LogP contribution is 2.41. The zero-order chi connectivity index (χ0) is 10.0. The van der Waals surface area contributed by atoms with E-state index in [1.54, 1.807) is 7.11 Å². The molecular weight excluding hydrogens is 174 g/mol. The van der Waals surface area contributed by atoms with Gasteiger partial charge in [-0.15, -0.1) is 0 Å². The lowest BCUT2D eigenvalue weighted by Crippen LogP contribution is -2.15. The molecule has 2 nitrogen and oxygen atoms in total. The van der Waals surface area contributed by atoms with Gasteiger partial charge in [0.05, 0.1) is 5.60 Å². The third kappa shape index (κ3) is 1.97. The molecule has 1 aliphatic rings. The Hall–Kier alpha value is -0.860. The Morgan fingerprint density at radius 3 is 2.64 bits per heavy atom. The van der Waals surface area contributed by atoms with Gasteiger partial charge in [-0.3, -0.25) is 0 Å². The molecule has 2 heteroatoms. The van der Waals surface area contributed by atoms with Gasteiger partial charge in [-0.05, 0) is 24.0 Å². The van der Waals surface area contributed by atoms with E-state index in [4.69, 9.17) is 10.5 Å². The minimum absolute atomic E-state index is 0.146. The summed E-state index contributed by atoms with van der Waals surface area (Å²) >= 11 is 0. The van der Waals surface area contributed by atoms with Crippen LogP contribution in [0.4, 0.5) is 0 Å². The van der Waals surface area contributed by atoms with Gasteiger partial charge in [-0.25, -0.2) is 0 Å². The van der Waals surface area contributed by atoms with Crippen LogP contribution in [0.15, 0.2) is 24.3 Å². The molecule has 0 spiro atoms. The molecule has 1 aromatic carbocycles. The lowest BCUT2D eigenvalue weighted by molar-refractivity contribution is 0.0807. The summed E-state index contributed by atoms with van der Waals surface area (Å²) in [5.74, 6) is 0. The van der Waals surface area contributed by atoms with Gasteiger partial charge in [0.15, 0.2) is 0 Å². The van der Waals surface area contributed by atoms with Crippen LogP contribution in [-0.2, 0) is 17.7 Å². The summed E-state index contributed by atoms with van der Waals surface area (Å²) in [6, 6.07) is 8.47. The first kappa shape index (κ1) is 9.69. The molecule has 14 heavy (non-hydrogen) atoms. The minimum atomic E-state index is 0.146. The van der Waals surface area contributed by atoms with Crippen LogP contribution < -0.4 is 5.73 Å². The predicted octanol–water partition coefficient (Wildman–Crippen LogP) is 1.87. The van der Waals surface area contributed by atoms with Gasteiger partial charge in [0, 0.05) is 20.1 Å². The van der Waals surface area contributed by atoms with Gasteiger partial charge in [0.25, 0.3) is 0 Å². The van der Waals surface area contributed by atoms with Gasteiger partial charge in [-0.1, -0.05) is 24.3 Å². The van der Waals surface area contributed by atoms with E-state index in [1.165, 1.54) is 24.0 Å². The lowest BCUT2D eigenvalue weighted by atomic mass is 10.0. The van der Waals surface area contributed by atoms with Crippen LogP contribution in [0.3, 0.4) is 0 Å². The van der Waals surface area contributed by atoms with E-state index in [9.17, 15) is 0 Å². The molecule has 0 saturated heterocycles. The standard InChI is InChI=1S/C12H17NO/c1-14-12(5-6-12)8-10-3-2-4-11(7-10)9-13/h2-4,7H,5-6,8-9,13H2,1H3. The molecule has 1 saturated carbocycles. The molecule has 1 aliphatic carbocycles. The van der Waals surface area contributed by atoms with Crippen LogP contribution in [0.2, 0.25) is 0 Å². The highest BCUT2D eigenvalue weighted by Gasteiger charge is 2.42. The number of benzene rings is 1. The maximum Gasteiger partial charge on any atom is 0.0721 e. The Balaban J connectivity index is 2.09. The topological polar surface area (TPSA) is 35.2 Å². The van der Waals surface area contributed by atoms with Gasteiger partial charge >= 0.3 is 0 Å². The maximum absolute atomic E-state index is 5.60. The van der Waals surface area contributed by atoms with Gasteiger partial charge in [0.1, 0.15) is 0 Å². The van der Waals surface area contributed by atoms with Crippen molar-refractivity contribution in [3.05, 3.63) is 35.4 Å². The fraction of sp³-hybridized carbons (Fsp3) is 0.500. The normalized spacial score (nSPS) is 18.1. The molecule has 0 atom stereocenters. The van der Waals surface area contributed by atoms with Crippen molar-refractivity contribution in [2.24, 2.45) is 5.73 Å². The van der Waals surface area contributed by atoms with E-state index in [0.29, 0.717) is 6.54 Å². The number of hydrogen-bond acceptors (Lipinski definition) is 2. The number of methoxy groups -OCH3 is 1. The molecule has 0 heterocycles. The summed E-state index contributed by atoms with van der Waals surface area (Å²) < 4.78 is 5.49. The highest BCUT2D eigenvalue weighted by molar-refractivity contribution is 5.26. The largest absolute Gasteiger partial charge is 0.378 e. The molecule has 0 radical (unpaired) electrons. The second kappa shape index (κ2) is 3.71. The Kier molecular flexibility index (Phi) is 2.57. The molecule has 0 aliphatic heterocycles. The molecule has 0 aromatic heterocycles. The van der Waals surface area contributed by atoms with Crippen LogP contribution in [0.5, 0.6) is 0 Å². The van der Waals surface area contributed by atoms with Crippen LogP contribution in [0.1, 0.15) is 24.0 Å². The van der Waals surface area contributed by atoms with Crippen molar-refractivity contribution in [3.63, 3.8) is 0 Å². The smallest absolute Gasteiger partial charge is 0.0721 e. The average molecular weight is 191 g/mol. The van der Waals surface area contributed by atoms with Gasteiger partial charge in [-0.2, -0.15) is 0 Å². The fourth-order valence-corrected chi connectivity index (χ4v) is 1.83. The van der Waals surface area contributed by atoms with Crippen molar-refractivity contribution in [1.82, 2.24) is 0 Å². The lowest BCUT2D eigenvalue weighted by Gasteiger charge is -2.13. The summed E-state index contributed by atoms with van der Waals surface area (Å²) in [6.07, 6.45) is 3.41. The Labute approximate surface area is 85.1 Å². The molecule has 2 N–H and O–H groups in total. The minimum Gasteiger partial charge on any atom is -0.378 e. The van der Waals surface area contributed by atoms with E-state index in [1.807, 2.05) is 0 Å². The van der Waals surface area contributed by atoms with E-state index in [0.717, 1.165) is 6.42 Å². The second-order valence-electron chi connectivity index (χ2n) is 4.09. The first-order valence-electron chi connectivity index (χ1n) is 5.11. The SMILES string of the molecule is COC1(Cc2cccc(CN)c2)CC1. The summed E-state index contributed by atoms with van der Waals surface area (Å²) in [5, 5.41) is 0. The first-order chi connectivity index (χ1) is 6.78. The van der Waals surface area contributed by atoms with Crippen LogP contribution >= 0.6 is 0 Å². The van der Waals surface area contributed by atoms with Crippen LogP contribution in [-0.4, -0.2) is 12.7 Å². The Morgan fingerprint density at radius 1 is 1.36 bits per heavy atom. The zero-order valence-corrected chi connectivity index (χ0v) is 8.62. The summed E-state index contributed by atoms with van der Waals surface area (Å²) in [4.78, 5) is 0. The van der Waals surface area contributed by atoms with Crippen molar-refractivity contribution in [2.75, 3.05) is 7.11 Å². The third-order valence-corrected chi connectivity index (χ3v) is 2.99. The zero-order valence-electron chi connectivity index (χ0n) is 8.62. The summed E-state index contributed by atoms with van der Waals surface area (Å²) in [6.45, 7) is 0.619. The highest BCUT2D eigenvalue weighted by atomic mass is 16.5. The molecule has 1 fully saturated rings. The molecule has 76 valence electrons. The molecule has 0 bridgehead atoms. The Morgan fingerprint density at radius 2 is 2.07 bits per heavy atom. The van der Waals surface area contributed by atoms with E-state index in [2.05, 4.69) is 24.3 Å². The predicted molar refractivity (Wildman–Crippen MR) is 57.0 cm³/mol. The van der Waals surface area contributed by atoms with E-state index < -0.39 is 0 Å². The molecule has 2 rings (SSSR count). The fourth-order valence-electron chi connectivity index (χ4n) is 1.83. The van der Waals surface area contributed by atoms with Crippen molar-refractivity contribution >= 4 is 0 Å². The third-order valence-electron chi connectivity index (χ3n) is 2.99. The summed E-state index contributed by atoms with van der Waals surface area (Å²) in [7, 11) is 1.81. The maximum atomic E-state index is 5.60. The Bertz CT molecular complexity index is 318. The van der Waals surface area contributed by atoms with E-state index in [-0.39, 0.29) is 5.60 Å².